The van der Waals surface area contributed by atoms with Crippen LogP contribution in [0, 0.1) is 11.3 Å². The maximum absolute atomic E-state index is 12.4. The Morgan fingerprint density at radius 1 is 1.19 bits per heavy atom. The van der Waals surface area contributed by atoms with Gasteiger partial charge in [-0.2, -0.15) is 0 Å². The van der Waals surface area contributed by atoms with Crippen LogP contribution in [0.1, 0.15) is 56.0 Å². The number of benzene rings is 1. The summed E-state index contributed by atoms with van der Waals surface area (Å²) in [4.78, 5) is 13.9. The van der Waals surface area contributed by atoms with Crippen LogP contribution >= 0.6 is 0 Å². The Kier molecular flexibility index (Phi) is 6.55. The Labute approximate surface area is 163 Å². The molecule has 1 aliphatic carbocycles. The average molecular weight is 373 g/mol. The zero-order valence-electron chi connectivity index (χ0n) is 16.9. The van der Waals surface area contributed by atoms with Crippen LogP contribution in [0.2, 0.25) is 0 Å². The molecule has 3 rings (SSSR count). The summed E-state index contributed by atoms with van der Waals surface area (Å²) >= 11 is 0. The number of morpholine rings is 1. The molecule has 0 saturated carbocycles. The van der Waals surface area contributed by atoms with Gasteiger partial charge in [-0.1, -0.05) is 39.0 Å². The van der Waals surface area contributed by atoms with Gasteiger partial charge in [0.15, 0.2) is 0 Å². The molecule has 5 nitrogen and oxygen atoms in total. The van der Waals surface area contributed by atoms with Crippen LogP contribution in [0.4, 0.5) is 0 Å². The smallest absolute Gasteiger partial charge is 0.269 e. The van der Waals surface area contributed by atoms with Crippen molar-refractivity contribution in [3.8, 4) is 0 Å². The van der Waals surface area contributed by atoms with Gasteiger partial charge in [0.25, 0.3) is 5.91 Å². The summed E-state index contributed by atoms with van der Waals surface area (Å²) < 4.78 is 5.40. The van der Waals surface area contributed by atoms with E-state index in [4.69, 9.17) is 4.74 Å². The summed E-state index contributed by atoms with van der Waals surface area (Å²) in [6.07, 6.45) is 5.45. The van der Waals surface area contributed by atoms with E-state index in [-0.39, 0.29) is 5.91 Å². The van der Waals surface area contributed by atoms with Gasteiger partial charge in [-0.25, -0.2) is 0 Å². The Balaban J connectivity index is 1.46. The molecule has 1 atom stereocenters. The van der Waals surface area contributed by atoms with Crippen molar-refractivity contribution >= 4 is 5.91 Å². The highest BCUT2D eigenvalue weighted by atomic mass is 16.5. The molecule has 148 valence electrons. The molecule has 1 fully saturated rings. The van der Waals surface area contributed by atoms with Crippen LogP contribution in [0.5, 0.6) is 0 Å². The first-order chi connectivity index (χ1) is 12.9. The second kappa shape index (κ2) is 8.89. The fraction of sp³-hybridized carbons (Fsp3) is 0.591. The Bertz CT molecular complexity index is 655. The molecule has 1 saturated heterocycles. The monoisotopic (exact) mass is 372 g/mol. The van der Waals surface area contributed by atoms with E-state index in [1.54, 1.807) is 0 Å². The fourth-order valence-corrected chi connectivity index (χ4v) is 3.84. The Morgan fingerprint density at radius 2 is 1.89 bits per heavy atom. The predicted molar refractivity (Wildman–Crippen MR) is 107 cm³/mol. The molecule has 2 aliphatic rings. The van der Waals surface area contributed by atoms with Crippen LogP contribution in [0.3, 0.4) is 0 Å². The molecule has 1 heterocycles. The third-order valence-electron chi connectivity index (χ3n) is 5.84. The fourth-order valence-electron chi connectivity index (χ4n) is 3.84. The minimum absolute atomic E-state index is 0.0842. The topological polar surface area (TPSA) is 54.8 Å². The minimum atomic E-state index is -0.0842. The maximum atomic E-state index is 12.4. The molecule has 0 spiro atoms. The van der Waals surface area contributed by atoms with Crippen molar-refractivity contribution in [3.63, 3.8) is 0 Å². The lowest BCUT2D eigenvalue weighted by Crippen LogP contribution is -3.12. The molecule has 0 bridgehead atoms. The number of allylic oxidation sites excluding steroid dienone is 2. The van der Waals surface area contributed by atoms with Crippen molar-refractivity contribution in [2.24, 2.45) is 11.3 Å². The number of rotatable bonds is 5. The number of amides is 1. The summed E-state index contributed by atoms with van der Waals surface area (Å²) in [7, 11) is 0. The van der Waals surface area contributed by atoms with E-state index in [0.29, 0.717) is 16.9 Å². The van der Waals surface area contributed by atoms with Crippen molar-refractivity contribution in [1.82, 2.24) is 10.9 Å². The maximum Gasteiger partial charge on any atom is 0.269 e. The van der Waals surface area contributed by atoms with E-state index >= 15 is 0 Å². The summed E-state index contributed by atoms with van der Waals surface area (Å²) in [5.41, 5.74) is 9.38. The van der Waals surface area contributed by atoms with Gasteiger partial charge in [-0.3, -0.25) is 10.2 Å². The van der Waals surface area contributed by atoms with E-state index in [0.717, 1.165) is 57.8 Å². The Morgan fingerprint density at radius 3 is 2.48 bits per heavy atom. The van der Waals surface area contributed by atoms with E-state index in [1.165, 1.54) is 10.5 Å². The minimum Gasteiger partial charge on any atom is -0.370 e. The van der Waals surface area contributed by atoms with Crippen molar-refractivity contribution in [1.29, 1.82) is 0 Å². The SMILES string of the molecule is CC(C)(C)C1CC=C(NNC(=O)c2ccc(C[NH+]3CCOCC3)cc2)CC1. The summed E-state index contributed by atoms with van der Waals surface area (Å²) in [6.45, 7) is 11.7. The molecule has 1 amide bonds. The average Bonchev–Trinajstić information content (AvgIpc) is 2.67. The molecule has 0 radical (unpaired) electrons. The summed E-state index contributed by atoms with van der Waals surface area (Å²) in [5, 5.41) is 0. The van der Waals surface area contributed by atoms with Crippen LogP contribution in [-0.2, 0) is 11.3 Å². The van der Waals surface area contributed by atoms with Gasteiger partial charge in [0.05, 0.1) is 13.2 Å². The van der Waals surface area contributed by atoms with Crippen molar-refractivity contribution in [3.05, 3.63) is 47.2 Å². The highest BCUT2D eigenvalue weighted by Gasteiger charge is 2.26. The number of carbonyl (C=O) groups is 1. The van der Waals surface area contributed by atoms with Crippen LogP contribution in [0.15, 0.2) is 36.0 Å². The third kappa shape index (κ3) is 5.81. The first-order valence-electron chi connectivity index (χ1n) is 10.2. The lowest BCUT2D eigenvalue weighted by atomic mass is 9.74. The highest BCUT2D eigenvalue weighted by Crippen LogP contribution is 2.36. The number of ether oxygens (including phenoxy) is 1. The van der Waals surface area contributed by atoms with Gasteiger partial charge in [-0.15, -0.1) is 0 Å². The van der Waals surface area contributed by atoms with Crippen molar-refractivity contribution in [2.75, 3.05) is 26.3 Å². The number of nitrogens with one attached hydrogen (secondary N) is 3. The van der Waals surface area contributed by atoms with Crippen molar-refractivity contribution < 1.29 is 14.4 Å². The quantitative estimate of drug-likeness (QED) is 0.694. The zero-order valence-corrected chi connectivity index (χ0v) is 16.9. The van der Waals surface area contributed by atoms with E-state index in [9.17, 15) is 4.79 Å². The van der Waals surface area contributed by atoms with Gasteiger partial charge in [-0.05, 0) is 42.7 Å². The second-order valence-electron chi connectivity index (χ2n) is 8.88. The molecule has 27 heavy (non-hydrogen) atoms. The summed E-state index contributed by atoms with van der Waals surface area (Å²) in [5.74, 6) is 0.624. The van der Waals surface area contributed by atoms with Gasteiger partial charge < -0.3 is 15.1 Å². The van der Waals surface area contributed by atoms with Gasteiger partial charge >= 0.3 is 0 Å². The lowest BCUT2D eigenvalue weighted by molar-refractivity contribution is -0.921. The number of hydrogen-bond donors (Lipinski definition) is 3. The molecule has 0 aromatic heterocycles. The molecule has 5 heteroatoms. The van der Waals surface area contributed by atoms with E-state index < -0.39 is 0 Å². The molecule has 1 aromatic rings. The molecule has 1 aromatic carbocycles. The van der Waals surface area contributed by atoms with Gasteiger partial charge in [0.1, 0.15) is 19.6 Å². The highest BCUT2D eigenvalue weighted by molar-refractivity contribution is 5.93. The van der Waals surface area contributed by atoms with Crippen molar-refractivity contribution in [2.45, 2.75) is 46.6 Å². The van der Waals surface area contributed by atoms with E-state index in [2.05, 4.69) is 49.8 Å². The summed E-state index contributed by atoms with van der Waals surface area (Å²) in [6, 6.07) is 7.95. The molecular weight excluding hydrogens is 338 g/mol. The normalized spacial score (nSPS) is 21.4. The second-order valence-corrected chi connectivity index (χ2v) is 8.88. The molecular formula is C22H34N3O2+. The van der Waals surface area contributed by atoms with Gasteiger partial charge in [0.2, 0.25) is 0 Å². The molecule has 3 N–H and O–H groups in total. The third-order valence-corrected chi connectivity index (χ3v) is 5.84. The number of hydrazine groups is 1. The number of carbonyl (C=O) groups excluding carboxylic acids is 1. The van der Waals surface area contributed by atoms with E-state index in [1.807, 2.05) is 12.1 Å². The molecule has 1 aliphatic heterocycles. The van der Waals surface area contributed by atoms with Crippen LogP contribution < -0.4 is 15.8 Å². The predicted octanol–water partition coefficient (Wildman–Crippen LogP) is 2.07. The first kappa shape index (κ1) is 19.9. The van der Waals surface area contributed by atoms with Crippen LogP contribution in [0.25, 0.3) is 0 Å². The first-order valence-corrected chi connectivity index (χ1v) is 10.2. The zero-order chi connectivity index (χ0) is 19.3. The number of quaternary nitrogens is 1. The lowest BCUT2D eigenvalue weighted by Gasteiger charge is -2.33. The largest absolute Gasteiger partial charge is 0.370 e. The van der Waals surface area contributed by atoms with Crippen LogP contribution in [-0.4, -0.2) is 32.2 Å². The number of hydrogen-bond acceptors (Lipinski definition) is 3. The Hall–Kier alpha value is -1.85. The standard InChI is InChI=1S/C22H33N3O2/c1-22(2,3)19-8-10-20(11-9-19)23-24-21(26)18-6-4-17(5-7-18)16-25-12-14-27-15-13-25/h4-7,10,19,23H,8-9,11-16H2,1-3H3,(H,24,26)/p+1. The van der Waals surface area contributed by atoms with Gasteiger partial charge in [0, 0.05) is 16.8 Å². The molecule has 1 unspecified atom stereocenters.